The summed E-state index contributed by atoms with van der Waals surface area (Å²) in [4.78, 5) is 51.7. The summed E-state index contributed by atoms with van der Waals surface area (Å²) in [5.41, 5.74) is -1.14. The first-order valence-corrected chi connectivity index (χ1v) is 11.1. The monoisotopic (exact) mass is 512 g/mol. The second kappa shape index (κ2) is 8.83. The molecule has 0 unspecified atom stereocenters. The van der Waals surface area contributed by atoms with Crippen molar-refractivity contribution >= 4 is 45.9 Å². The second-order valence-electron chi connectivity index (χ2n) is 8.29. The minimum Gasteiger partial charge on any atom is -0.507 e. The van der Waals surface area contributed by atoms with E-state index < -0.39 is 46.7 Å². The van der Waals surface area contributed by atoms with Crippen molar-refractivity contribution < 1.29 is 43.6 Å². The quantitative estimate of drug-likeness (QED) is 0.381. The van der Waals surface area contributed by atoms with Crippen LogP contribution in [0.4, 0.5) is 0 Å². The third-order valence-electron chi connectivity index (χ3n) is 6.11. The molecule has 2 N–H and O–H groups in total. The van der Waals surface area contributed by atoms with Gasteiger partial charge >= 0.3 is 11.9 Å². The zero-order valence-electron chi connectivity index (χ0n) is 19.9. The highest BCUT2D eigenvalue weighted by molar-refractivity contribution is 6.38. The van der Waals surface area contributed by atoms with Gasteiger partial charge in [-0.2, -0.15) is 0 Å². The molecule has 0 radical (unpaired) electrons. The molecule has 0 saturated carbocycles. The maximum Gasteiger partial charge on any atom is 0.338 e. The summed E-state index contributed by atoms with van der Waals surface area (Å²) in [5, 5.41) is 22.7. The first-order chi connectivity index (χ1) is 16.9. The van der Waals surface area contributed by atoms with Gasteiger partial charge < -0.3 is 24.4 Å². The Bertz CT molecular complexity index is 1520. The minimum absolute atomic E-state index is 0.130. The van der Waals surface area contributed by atoms with Gasteiger partial charge in [-0.1, -0.05) is 11.6 Å². The van der Waals surface area contributed by atoms with Crippen LogP contribution in [-0.4, -0.2) is 47.9 Å². The molecule has 0 heterocycles. The van der Waals surface area contributed by atoms with E-state index in [1.165, 1.54) is 20.1 Å². The Balaban J connectivity index is 2.13. The first-order valence-electron chi connectivity index (χ1n) is 10.7. The molecule has 1 atom stereocenters. The zero-order valence-corrected chi connectivity index (χ0v) is 20.7. The summed E-state index contributed by atoms with van der Waals surface area (Å²) in [7, 11) is 2.45. The lowest BCUT2D eigenvalue weighted by Gasteiger charge is -2.26. The molecule has 0 aromatic heterocycles. The predicted molar refractivity (Wildman–Crippen MR) is 128 cm³/mol. The maximum atomic E-state index is 13.8. The Hall–Kier alpha value is -4.11. The van der Waals surface area contributed by atoms with Gasteiger partial charge in [-0.3, -0.25) is 14.4 Å². The number of hydrogen-bond acceptors (Lipinski definition) is 9. The van der Waals surface area contributed by atoms with Gasteiger partial charge in [0.2, 0.25) is 5.78 Å². The Kier molecular flexibility index (Phi) is 6.13. The van der Waals surface area contributed by atoms with E-state index >= 15 is 0 Å². The normalized spacial score (nSPS) is 13.2. The number of ether oxygens (including phenoxy) is 3. The standard InChI is InChI=1S/C26H21ClO9/c1-9-6-12-7-15(29)19-20(17(12)25(34-4)21(9)27)22(30)13-8-14(26(33)35-5)16(10(2)36-11(3)28)23(31)18(13)24(19)32/h6-8,10,29,31H,1-5H3/t10-/m1/s1. The van der Waals surface area contributed by atoms with Crippen molar-refractivity contribution in [3.63, 3.8) is 0 Å². The Morgan fingerprint density at radius 1 is 1.00 bits per heavy atom. The number of phenols is 2. The Morgan fingerprint density at radius 2 is 1.67 bits per heavy atom. The Labute approximate surface area is 210 Å². The van der Waals surface area contributed by atoms with Crippen molar-refractivity contribution in [1.82, 2.24) is 0 Å². The van der Waals surface area contributed by atoms with E-state index in [1.54, 1.807) is 13.0 Å². The number of phenolic OH excluding ortho intramolecular Hbond substituents is 2. The van der Waals surface area contributed by atoms with Gasteiger partial charge in [0, 0.05) is 29.0 Å². The molecule has 0 bridgehead atoms. The average Bonchev–Trinajstić information content (AvgIpc) is 2.81. The summed E-state index contributed by atoms with van der Waals surface area (Å²) in [5.74, 6) is -4.36. The number of rotatable bonds is 4. The van der Waals surface area contributed by atoms with E-state index in [0.29, 0.717) is 10.9 Å². The fourth-order valence-electron chi connectivity index (χ4n) is 4.63. The van der Waals surface area contributed by atoms with E-state index in [-0.39, 0.29) is 44.0 Å². The fraction of sp³-hybridized carbons (Fsp3) is 0.231. The van der Waals surface area contributed by atoms with E-state index in [2.05, 4.69) is 0 Å². The Morgan fingerprint density at radius 3 is 2.25 bits per heavy atom. The lowest BCUT2D eigenvalue weighted by molar-refractivity contribution is -0.145. The van der Waals surface area contributed by atoms with Crippen LogP contribution in [0.25, 0.3) is 10.8 Å². The van der Waals surface area contributed by atoms with Crippen LogP contribution < -0.4 is 4.74 Å². The minimum atomic E-state index is -1.17. The van der Waals surface area contributed by atoms with Gasteiger partial charge in [0.15, 0.2) is 5.78 Å². The first kappa shape index (κ1) is 25.0. The third-order valence-corrected chi connectivity index (χ3v) is 6.58. The van der Waals surface area contributed by atoms with Crippen LogP contribution in [-0.2, 0) is 14.3 Å². The van der Waals surface area contributed by atoms with E-state index in [4.69, 9.17) is 25.8 Å². The molecule has 10 heteroatoms. The zero-order chi connectivity index (χ0) is 26.6. The molecule has 0 aliphatic heterocycles. The average molecular weight is 513 g/mol. The van der Waals surface area contributed by atoms with Gasteiger partial charge in [-0.25, -0.2) is 4.79 Å². The lowest BCUT2D eigenvalue weighted by Crippen LogP contribution is -2.24. The molecule has 0 spiro atoms. The smallest absolute Gasteiger partial charge is 0.338 e. The fourth-order valence-corrected chi connectivity index (χ4v) is 4.86. The highest BCUT2D eigenvalue weighted by atomic mass is 35.5. The molecule has 3 aromatic rings. The van der Waals surface area contributed by atoms with Crippen LogP contribution in [0.2, 0.25) is 5.02 Å². The number of aromatic hydroxyl groups is 2. The van der Waals surface area contributed by atoms with Gasteiger partial charge in [-0.15, -0.1) is 0 Å². The van der Waals surface area contributed by atoms with Crippen molar-refractivity contribution in [2.75, 3.05) is 14.2 Å². The van der Waals surface area contributed by atoms with Crippen LogP contribution in [0.1, 0.15) is 73.3 Å². The highest BCUT2D eigenvalue weighted by Crippen LogP contribution is 2.47. The number of halogens is 1. The van der Waals surface area contributed by atoms with Crippen molar-refractivity contribution in [3.05, 3.63) is 62.2 Å². The summed E-state index contributed by atoms with van der Waals surface area (Å²) in [6.45, 7) is 4.24. The maximum absolute atomic E-state index is 13.8. The molecular formula is C26H21ClO9. The van der Waals surface area contributed by atoms with Gasteiger partial charge in [-0.05, 0) is 43.0 Å². The third kappa shape index (κ3) is 3.54. The van der Waals surface area contributed by atoms with Crippen LogP contribution >= 0.6 is 11.6 Å². The molecule has 1 aliphatic rings. The van der Waals surface area contributed by atoms with E-state index in [1.807, 2.05) is 0 Å². The number of esters is 2. The summed E-state index contributed by atoms with van der Waals surface area (Å²) < 4.78 is 15.4. The molecule has 0 amide bonds. The molecule has 3 aromatic carbocycles. The number of benzene rings is 3. The summed E-state index contributed by atoms with van der Waals surface area (Å²) in [6.07, 6.45) is -1.17. The number of fused-ring (bicyclic) bond motifs is 4. The van der Waals surface area contributed by atoms with Crippen LogP contribution in [0.5, 0.6) is 17.2 Å². The van der Waals surface area contributed by atoms with Crippen LogP contribution in [0.15, 0.2) is 18.2 Å². The largest absolute Gasteiger partial charge is 0.507 e. The second-order valence-corrected chi connectivity index (χ2v) is 8.67. The van der Waals surface area contributed by atoms with Crippen molar-refractivity contribution in [2.24, 2.45) is 0 Å². The highest BCUT2D eigenvalue weighted by Gasteiger charge is 2.40. The van der Waals surface area contributed by atoms with Crippen molar-refractivity contribution in [1.29, 1.82) is 0 Å². The number of hydrogen-bond donors (Lipinski definition) is 2. The number of methoxy groups -OCH3 is 2. The van der Waals surface area contributed by atoms with Crippen molar-refractivity contribution in [2.45, 2.75) is 26.9 Å². The summed E-state index contributed by atoms with van der Waals surface area (Å²) >= 11 is 6.42. The summed E-state index contributed by atoms with van der Waals surface area (Å²) in [6, 6.07) is 4.05. The topological polar surface area (TPSA) is 136 Å². The molecule has 4 rings (SSSR count). The number of ketones is 2. The SMILES string of the molecule is COC(=O)c1cc2c(c(O)c1[C@@H](C)OC(C)=O)C(=O)c1c(O)cc3cc(C)c(Cl)c(OC)c3c1C2=O. The molecule has 36 heavy (non-hydrogen) atoms. The molecule has 0 fully saturated rings. The molecule has 9 nitrogen and oxygen atoms in total. The van der Waals surface area contributed by atoms with Crippen molar-refractivity contribution in [3.8, 4) is 17.2 Å². The number of carbonyl (C=O) groups excluding carboxylic acids is 4. The van der Waals surface area contributed by atoms with E-state index in [0.717, 1.165) is 20.1 Å². The molecule has 0 saturated heterocycles. The van der Waals surface area contributed by atoms with Crippen LogP contribution in [0, 0.1) is 6.92 Å². The number of carbonyl (C=O) groups is 4. The molecule has 186 valence electrons. The molecular weight excluding hydrogens is 492 g/mol. The van der Waals surface area contributed by atoms with Gasteiger partial charge in [0.25, 0.3) is 0 Å². The number of aryl methyl sites for hydroxylation is 1. The van der Waals surface area contributed by atoms with Crippen LogP contribution in [0.3, 0.4) is 0 Å². The van der Waals surface area contributed by atoms with E-state index in [9.17, 15) is 29.4 Å². The predicted octanol–water partition coefficient (Wildman–Crippen LogP) is 4.41. The lowest BCUT2D eigenvalue weighted by atomic mass is 9.78. The molecule has 1 aliphatic carbocycles. The van der Waals surface area contributed by atoms with Gasteiger partial charge in [0.1, 0.15) is 23.4 Å². The van der Waals surface area contributed by atoms with Gasteiger partial charge in [0.05, 0.1) is 35.9 Å².